The van der Waals surface area contributed by atoms with Crippen LogP contribution in [-0.4, -0.2) is 25.7 Å². The van der Waals surface area contributed by atoms with Crippen LogP contribution in [0.1, 0.15) is 37.7 Å². The Morgan fingerprint density at radius 3 is 2.71 bits per heavy atom. The predicted molar refractivity (Wildman–Crippen MR) is 94.1 cm³/mol. The number of fused-ring (bicyclic) bond motifs is 5. The molecule has 4 rings (SSSR count). The lowest BCUT2D eigenvalue weighted by atomic mass is 9.79. The van der Waals surface area contributed by atoms with E-state index in [1.807, 2.05) is 12.1 Å². The second-order valence-corrected chi connectivity index (χ2v) is 7.76. The molecule has 5 atom stereocenters. The molecule has 2 N–H and O–H groups in total. The molecule has 2 bridgehead atoms. The second kappa shape index (κ2) is 6.66. The maximum Gasteiger partial charge on any atom is 0.315 e. The van der Waals surface area contributed by atoms with E-state index in [9.17, 15) is 4.79 Å². The van der Waals surface area contributed by atoms with Gasteiger partial charge in [0.25, 0.3) is 0 Å². The number of hydrogen-bond acceptors (Lipinski definition) is 2. The summed E-state index contributed by atoms with van der Waals surface area (Å²) in [7, 11) is 1.67. The number of carbonyl (C=O) groups is 1. The fraction of sp³-hybridized carbons (Fsp3) is 0.650. The smallest absolute Gasteiger partial charge is 0.315 e. The van der Waals surface area contributed by atoms with E-state index in [2.05, 4.69) is 22.8 Å². The normalized spacial score (nSPS) is 33.3. The van der Waals surface area contributed by atoms with Gasteiger partial charge in [-0.2, -0.15) is 0 Å². The van der Waals surface area contributed by atoms with Crippen LogP contribution in [0.15, 0.2) is 24.3 Å². The van der Waals surface area contributed by atoms with Crippen LogP contribution in [0, 0.1) is 23.7 Å². The molecule has 3 aliphatic rings. The van der Waals surface area contributed by atoms with Crippen LogP contribution in [0.2, 0.25) is 0 Å². The SMILES string of the molecule is COc1ccc(CCNC(=O)N[C@@H]2C[C@H]3C[C@@H]2[C@@H]2CCC[C@@H]32)cc1. The standard InChI is InChI=1S/C20H28N2O2/c1-24-15-7-5-13(6-8-15)9-10-21-20(23)22-19-12-14-11-18(19)17-4-2-3-16(14)17/h5-8,14,16-19H,2-4,9-12H2,1H3,(H2,21,22,23)/t14-,16+,17-,18-,19-/m1/s1. The van der Waals surface area contributed by atoms with Crippen molar-refractivity contribution in [2.24, 2.45) is 23.7 Å². The third-order valence-corrected chi connectivity index (χ3v) is 6.60. The van der Waals surface area contributed by atoms with Crippen molar-refractivity contribution < 1.29 is 9.53 Å². The highest BCUT2D eigenvalue weighted by atomic mass is 16.5. The first-order chi connectivity index (χ1) is 11.7. The lowest BCUT2D eigenvalue weighted by Gasteiger charge is -2.32. The van der Waals surface area contributed by atoms with Crippen molar-refractivity contribution in [3.8, 4) is 5.75 Å². The van der Waals surface area contributed by atoms with E-state index < -0.39 is 0 Å². The maximum absolute atomic E-state index is 12.2. The minimum atomic E-state index is 0.00982. The van der Waals surface area contributed by atoms with Crippen molar-refractivity contribution in [1.29, 1.82) is 0 Å². The van der Waals surface area contributed by atoms with Gasteiger partial charge in [-0.1, -0.05) is 18.6 Å². The van der Waals surface area contributed by atoms with Crippen molar-refractivity contribution >= 4 is 6.03 Å². The summed E-state index contributed by atoms with van der Waals surface area (Å²) in [5.41, 5.74) is 1.21. The summed E-state index contributed by atoms with van der Waals surface area (Å²) in [6.07, 6.45) is 7.64. The summed E-state index contributed by atoms with van der Waals surface area (Å²) in [6.45, 7) is 0.672. The van der Waals surface area contributed by atoms with Crippen LogP contribution in [0.4, 0.5) is 4.79 Å². The average molecular weight is 328 g/mol. The molecule has 0 unspecified atom stereocenters. The highest BCUT2D eigenvalue weighted by Gasteiger charge is 2.53. The first-order valence-electron chi connectivity index (χ1n) is 9.42. The Morgan fingerprint density at radius 1 is 1.12 bits per heavy atom. The quantitative estimate of drug-likeness (QED) is 0.871. The summed E-state index contributed by atoms with van der Waals surface area (Å²) in [5.74, 6) is 4.37. The molecule has 0 aliphatic heterocycles. The molecule has 1 aromatic rings. The van der Waals surface area contributed by atoms with Crippen LogP contribution in [0.5, 0.6) is 5.75 Å². The Kier molecular flexibility index (Phi) is 4.38. The largest absolute Gasteiger partial charge is 0.497 e. The van der Waals surface area contributed by atoms with E-state index in [0.29, 0.717) is 12.6 Å². The molecule has 3 aliphatic carbocycles. The number of nitrogens with one attached hydrogen (secondary N) is 2. The van der Waals surface area contributed by atoms with Gasteiger partial charge in [-0.3, -0.25) is 0 Å². The van der Waals surface area contributed by atoms with Crippen molar-refractivity contribution in [1.82, 2.24) is 10.6 Å². The summed E-state index contributed by atoms with van der Waals surface area (Å²) < 4.78 is 5.16. The van der Waals surface area contributed by atoms with Crippen molar-refractivity contribution in [3.63, 3.8) is 0 Å². The molecule has 0 aromatic heterocycles. The van der Waals surface area contributed by atoms with E-state index in [-0.39, 0.29) is 6.03 Å². The molecule has 3 fully saturated rings. The molecule has 130 valence electrons. The van der Waals surface area contributed by atoms with Gasteiger partial charge >= 0.3 is 6.03 Å². The van der Waals surface area contributed by atoms with Crippen molar-refractivity contribution in [2.45, 2.75) is 44.6 Å². The summed E-state index contributed by atoms with van der Waals surface area (Å²) in [5, 5.41) is 6.28. The third-order valence-electron chi connectivity index (χ3n) is 6.60. The average Bonchev–Trinajstić information content (AvgIpc) is 3.28. The van der Waals surface area contributed by atoms with Crippen LogP contribution >= 0.6 is 0 Å². The molecule has 2 amide bonds. The van der Waals surface area contributed by atoms with Gasteiger partial charge in [-0.25, -0.2) is 4.79 Å². The van der Waals surface area contributed by atoms with Crippen LogP contribution < -0.4 is 15.4 Å². The molecule has 1 aromatic carbocycles. The van der Waals surface area contributed by atoms with E-state index in [1.54, 1.807) is 7.11 Å². The molecule has 4 nitrogen and oxygen atoms in total. The number of carbonyl (C=O) groups excluding carboxylic acids is 1. The molecule has 0 heterocycles. The van der Waals surface area contributed by atoms with Gasteiger partial charge in [-0.15, -0.1) is 0 Å². The fourth-order valence-electron chi connectivity index (χ4n) is 5.57. The van der Waals surface area contributed by atoms with Crippen LogP contribution in [0.25, 0.3) is 0 Å². The van der Waals surface area contributed by atoms with Crippen LogP contribution in [0.3, 0.4) is 0 Å². The molecule has 4 heteroatoms. The molecule has 3 saturated carbocycles. The Hall–Kier alpha value is -1.71. The van der Waals surface area contributed by atoms with Gasteiger partial charge in [0.15, 0.2) is 0 Å². The number of hydrogen-bond donors (Lipinski definition) is 2. The Bertz CT molecular complexity index is 586. The highest BCUT2D eigenvalue weighted by molar-refractivity contribution is 5.74. The first-order valence-corrected chi connectivity index (χ1v) is 9.42. The van der Waals surface area contributed by atoms with E-state index in [0.717, 1.165) is 35.8 Å². The maximum atomic E-state index is 12.2. The number of methoxy groups -OCH3 is 1. The van der Waals surface area contributed by atoms with Crippen molar-refractivity contribution in [3.05, 3.63) is 29.8 Å². The second-order valence-electron chi connectivity index (χ2n) is 7.76. The van der Waals surface area contributed by atoms with Gasteiger partial charge in [0.05, 0.1) is 7.11 Å². The van der Waals surface area contributed by atoms with Gasteiger partial charge in [0.2, 0.25) is 0 Å². The number of ether oxygens (including phenoxy) is 1. The van der Waals surface area contributed by atoms with Gasteiger partial charge < -0.3 is 15.4 Å². The Labute approximate surface area is 144 Å². The fourth-order valence-corrected chi connectivity index (χ4v) is 5.57. The topological polar surface area (TPSA) is 50.4 Å². The molecular formula is C20H28N2O2. The Morgan fingerprint density at radius 2 is 1.92 bits per heavy atom. The zero-order chi connectivity index (χ0) is 16.5. The predicted octanol–water partition coefficient (Wildman–Crippen LogP) is 3.36. The molecule has 0 spiro atoms. The monoisotopic (exact) mass is 328 g/mol. The molecular weight excluding hydrogens is 300 g/mol. The lowest BCUT2D eigenvalue weighted by Crippen LogP contribution is -2.47. The summed E-state index contributed by atoms with van der Waals surface area (Å²) in [6, 6.07) is 8.44. The number of benzene rings is 1. The lowest BCUT2D eigenvalue weighted by molar-refractivity contribution is 0.198. The zero-order valence-corrected chi connectivity index (χ0v) is 14.5. The summed E-state index contributed by atoms with van der Waals surface area (Å²) in [4.78, 5) is 12.2. The number of rotatable bonds is 5. The number of urea groups is 1. The first kappa shape index (κ1) is 15.8. The van der Waals surface area contributed by atoms with Gasteiger partial charge in [0, 0.05) is 12.6 Å². The minimum Gasteiger partial charge on any atom is -0.497 e. The van der Waals surface area contributed by atoms with Crippen LogP contribution in [-0.2, 0) is 6.42 Å². The zero-order valence-electron chi connectivity index (χ0n) is 14.5. The third kappa shape index (κ3) is 2.99. The summed E-state index contributed by atoms with van der Waals surface area (Å²) >= 11 is 0. The highest BCUT2D eigenvalue weighted by Crippen LogP contribution is 2.58. The molecule has 24 heavy (non-hydrogen) atoms. The Balaban J connectivity index is 1.21. The van der Waals surface area contributed by atoms with E-state index >= 15 is 0 Å². The van der Waals surface area contributed by atoms with Gasteiger partial charge in [0.1, 0.15) is 5.75 Å². The molecule has 0 radical (unpaired) electrons. The van der Waals surface area contributed by atoms with E-state index in [1.165, 1.54) is 37.7 Å². The molecule has 0 saturated heterocycles. The minimum absolute atomic E-state index is 0.00982. The number of amides is 2. The van der Waals surface area contributed by atoms with Gasteiger partial charge in [-0.05, 0) is 73.5 Å². The van der Waals surface area contributed by atoms with Crippen molar-refractivity contribution in [2.75, 3.05) is 13.7 Å². The van der Waals surface area contributed by atoms with E-state index in [4.69, 9.17) is 4.74 Å².